The third-order valence-electron chi connectivity index (χ3n) is 2.43. The number of aromatic nitrogens is 3. The number of nitrogens with one attached hydrogen (secondary N) is 3. The zero-order valence-corrected chi connectivity index (χ0v) is 12.4. The van der Waals surface area contributed by atoms with Crippen LogP contribution in [0, 0.1) is 6.92 Å². The topological polar surface area (TPSA) is 99.8 Å². The van der Waals surface area contributed by atoms with Crippen LogP contribution >= 0.6 is 23.2 Å². The first kappa shape index (κ1) is 15.3. The van der Waals surface area contributed by atoms with Crippen LogP contribution in [-0.4, -0.2) is 33.5 Å². The minimum Gasteiger partial charge on any atom is -0.343 e. The van der Waals surface area contributed by atoms with E-state index in [1.807, 2.05) is 0 Å². The zero-order valence-electron chi connectivity index (χ0n) is 10.9. The molecule has 1 aromatic carbocycles. The first-order valence-electron chi connectivity index (χ1n) is 5.88. The van der Waals surface area contributed by atoms with E-state index in [-0.39, 0.29) is 23.1 Å². The lowest BCUT2D eigenvalue weighted by molar-refractivity contribution is -0.115. The lowest BCUT2D eigenvalue weighted by Gasteiger charge is -2.06. The zero-order chi connectivity index (χ0) is 15.4. The predicted octanol–water partition coefficient (Wildman–Crippen LogP) is 1.79. The maximum absolute atomic E-state index is 11.9. The highest BCUT2D eigenvalue weighted by atomic mass is 35.5. The molecule has 0 aliphatic rings. The highest BCUT2D eigenvalue weighted by Gasteiger charge is 2.12. The van der Waals surface area contributed by atoms with Crippen LogP contribution in [0.1, 0.15) is 16.2 Å². The highest BCUT2D eigenvalue weighted by Crippen LogP contribution is 2.20. The summed E-state index contributed by atoms with van der Waals surface area (Å²) in [6.45, 7) is 1.47. The Labute approximate surface area is 130 Å². The molecule has 21 heavy (non-hydrogen) atoms. The second-order valence-corrected chi connectivity index (χ2v) is 4.94. The molecule has 110 valence electrons. The third-order valence-corrected chi connectivity index (χ3v) is 2.98. The summed E-state index contributed by atoms with van der Waals surface area (Å²) in [5.74, 6) is -0.205. The first-order chi connectivity index (χ1) is 9.95. The minimum absolute atomic E-state index is 0.149. The molecule has 0 radical (unpaired) electrons. The molecule has 0 fully saturated rings. The van der Waals surface area contributed by atoms with Gasteiger partial charge in [-0.15, -0.1) is 5.10 Å². The number of anilines is 1. The fraction of sp³-hybridized carbons (Fsp3) is 0.167. The van der Waals surface area contributed by atoms with Gasteiger partial charge < -0.3 is 5.32 Å². The number of nitrogens with zero attached hydrogens (tertiary/aromatic N) is 2. The quantitative estimate of drug-likeness (QED) is 0.796. The van der Waals surface area contributed by atoms with E-state index in [0.717, 1.165) is 0 Å². The van der Waals surface area contributed by atoms with Gasteiger partial charge in [0.2, 0.25) is 11.9 Å². The largest absolute Gasteiger partial charge is 0.343 e. The number of aromatic amines is 1. The van der Waals surface area contributed by atoms with Crippen LogP contribution < -0.4 is 10.6 Å². The second kappa shape index (κ2) is 6.55. The molecule has 0 saturated carbocycles. The van der Waals surface area contributed by atoms with E-state index in [0.29, 0.717) is 10.8 Å². The van der Waals surface area contributed by atoms with Gasteiger partial charge in [-0.05, 0) is 25.1 Å². The molecule has 0 aliphatic carbocycles. The van der Waals surface area contributed by atoms with Gasteiger partial charge in [0, 0.05) is 5.02 Å². The average Bonchev–Trinajstić information content (AvgIpc) is 2.81. The Morgan fingerprint density at radius 1 is 1.33 bits per heavy atom. The van der Waals surface area contributed by atoms with E-state index in [1.54, 1.807) is 13.0 Å². The van der Waals surface area contributed by atoms with Crippen LogP contribution in [0.4, 0.5) is 5.95 Å². The van der Waals surface area contributed by atoms with Crippen LogP contribution in [0.3, 0.4) is 0 Å². The summed E-state index contributed by atoms with van der Waals surface area (Å²) >= 11 is 11.6. The molecule has 7 nitrogen and oxygen atoms in total. The van der Waals surface area contributed by atoms with E-state index in [9.17, 15) is 9.59 Å². The van der Waals surface area contributed by atoms with Gasteiger partial charge in [0.1, 0.15) is 5.82 Å². The molecule has 0 atom stereocenters. The molecule has 1 heterocycles. The Morgan fingerprint density at radius 2 is 2.10 bits per heavy atom. The Bertz CT molecular complexity index is 686. The molecule has 0 aliphatic heterocycles. The van der Waals surface area contributed by atoms with Crippen LogP contribution in [0.5, 0.6) is 0 Å². The summed E-state index contributed by atoms with van der Waals surface area (Å²) in [4.78, 5) is 27.4. The van der Waals surface area contributed by atoms with Gasteiger partial charge >= 0.3 is 0 Å². The van der Waals surface area contributed by atoms with Crippen molar-refractivity contribution in [2.24, 2.45) is 0 Å². The molecule has 1 aromatic heterocycles. The highest BCUT2D eigenvalue weighted by molar-refractivity contribution is 6.36. The van der Waals surface area contributed by atoms with E-state index >= 15 is 0 Å². The Balaban J connectivity index is 1.90. The van der Waals surface area contributed by atoms with Crippen molar-refractivity contribution in [3.63, 3.8) is 0 Å². The smallest absolute Gasteiger partial charge is 0.253 e. The first-order valence-corrected chi connectivity index (χ1v) is 6.63. The summed E-state index contributed by atoms with van der Waals surface area (Å²) in [5, 5.41) is 11.8. The van der Waals surface area contributed by atoms with Gasteiger partial charge in [-0.2, -0.15) is 4.98 Å². The maximum atomic E-state index is 11.9. The summed E-state index contributed by atoms with van der Waals surface area (Å²) in [6.07, 6.45) is 0. The van der Waals surface area contributed by atoms with Crippen molar-refractivity contribution in [1.29, 1.82) is 0 Å². The van der Waals surface area contributed by atoms with Crippen molar-refractivity contribution in [2.45, 2.75) is 6.92 Å². The number of carbonyl (C=O) groups is 2. The summed E-state index contributed by atoms with van der Waals surface area (Å²) in [7, 11) is 0. The minimum atomic E-state index is -0.474. The summed E-state index contributed by atoms with van der Waals surface area (Å²) in [6, 6.07) is 4.48. The Hall–Kier alpha value is -2.12. The van der Waals surface area contributed by atoms with Crippen LogP contribution in [0.25, 0.3) is 0 Å². The second-order valence-electron chi connectivity index (χ2n) is 4.10. The fourth-order valence-corrected chi connectivity index (χ4v) is 1.99. The van der Waals surface area contributed by atoms with Crippen molar-refractivity contribution >= 4 is 41.0 Å². The van der Waals surface area contributed by atoms with Crippen LogP contribution in [0.15, 0.2) is 18.2 Å². The molecule has 0 spiro atoms. The number of hydrogen-bond acceptors (Lipinski definition) is 4. The Morgan fingerprint density at radius 3 is 2.71 bits per heavy atom. The van der Waals surface area contributed by atoms with Gasteiger partial charge in [0.25, 0.3) is 5.91 Å². The van der Waals surface area contributed by atoms with E-state index in [4.69, 9.17) is 23.2 Å². The summed E-state index contributed by atoms with van der Waals surface area (Å²) < 4.78 is 0. The van der Waals surface area contributed by atoms with Crippen molar-refractivity contribution < 1.29 is 9.59 Å². The number of amides is 2. The Kier molecular flexibility index (Phi) is 4.77. The molecule has 0 saturated heterocycles. The molecule has 3 N–H and O–H groups in total. The van der Waals surface area contributed by atoms with Crippen molar-refractivity contribution in [3.8, 4) is 0 Å². The maximum Gasteiger partial charge on any atom is 0.253 e. The number of H-pyrrole nitrogens is 1. The predicted molar refractivity (Wildman–Crippen MR) is 78.5 cm³/mol. The van der Waals surface area contributed by atoms with Crippen molar-refractivity contribution in [1.82, 2.24) is 20.5 Å². The van der Waals surface area contributed by atoms with Crippen molar-refractivity contribution in [3.05, 3.63) is 39.6 Å². The van der Waals surface area contributed by atoms with Gasteiger partial charge in [0.05, 0.1) is 17.1 Å². The van der Waals surface area contributed by atoms with Gasteiger partial charge in [0.15, 0.2) is 0 Å². The fourth-order valence-electron chi connectivity index (χ4n) is 1.50. The standard InChI is InChI=1S/C12H11Cl2N5O2/c1-6-16-12(19-18-6)17-10(20)5-15-11(21)8-3-2-7(13)4-9(8)14/h2-4H,5H2,1H3,(H,15,21)(H2,16,17,18,19,20). The average molecular weight is 328 g/mol. The van der Waals surface area contributed by atoms with Gasteiger partial charge in [-0.1, -0.05) is 23.2 Å². The number of benzene rings is 1. The molecule has 0 bridgehead atoms. The van der Waals surface area contributed by atoms with Crippen LogP contribution in [-0.2, 0) is 4.79 Å². The van der Waals surface area contributed by atoms with E-state index in [1.165, 1.54) is 12.1 Å². The molecule has 9 heteroatoms. The van der Waals surface area contributed by atoms with E-state index < -0.39 is 11.8 Å². The molecule has 2 rings (SSSR count). The molecule has 0 unspecified atom stereocenters. The lowest BCUT2D eigenvalue weighted by atomic mass is 10.2. The SMILES string of the molecule is Cc1nc(NC(=O)CNC(=O)c2ccc(Cl)cc2Cl)n[nH]1. The molecular formula is C12H11Cl2N5O2. The third kappa shape index (κ3) is 4.17. The molecule has 2 aromatic rings. The van der Waals surface area contributed by atoms with E-state index in [2.05, 4.69) is 25.8 Å². The van der Waals surface area contributed by atoms with Gasteiger partial charge in [-0.25, -0.2) is 0 Å². The number of aryl methyl sites for hydroxylation is 1. The van der Waals surface area contributed by atoms with Crippen molar-refractivity contribution in [2.75, 3.05) is 11.9 Å². The van der Waals surface area contributed by atoms with Gasteiger partial charge in [-0.3, -0.25) is 20.0 Å². The molecular weight excluding hydrogens is 317 g/mol. The number of hydrogen-bond donors (Lipinski definition) is 3. The number of halogens is 2. The number of rotatable bonds is 4. The lowest BCUT2D eigenvalue weighted by Crippen LogP contribution is -2.33. The molecule has 2 amide bonds. The summed E-state index contributed by atoms with van der Waals surface area (Å²) in [5.41, 5.74) is 0.239. The normalized spacial score (nSPS) is 10.2. The van der Waals surface area contributed by atoms with Crippen LogP contribution in [0.2, 0.25) is 10.0 Å². The monoisotopic (exact) mass is 327 g/mol. The number of carbonyl (C=O) groups excluding carboxylic acids is 2.